The summed E-state index contributed by atoms with van der Waals surface area (Å²) in [6.07, 6.45) is 1.28. The molecule has 5 aromatic rings. The number of aromatic nitrogens is 1. The summed E-state index contributed by atoms with van der Waals surface area (Å²) in [5, 5.41) is 4.97. The predicted molar refractivity (Wildman–Crippen MR) is 128 cm³/mol. The van der Waals surface area contributed by atoms with E-state index in [9.17, 15) is 0 Å². The minimum atomic E-state index is -0.361. The highest BCUT2D eigenvalue weighted by Gasteiger charge is 2.24. The van der Waals surface area contributed by atoms with Crippen molar-refractivity contribution >= 4 is 45.3 Å². The molecule has 0 amide bonds. The Balaban J connectivity index is 1.55. The second-order valence-corrected chi connectivity index (χ2v) is 7.95. The van der Waals surface area contributed by atoms with Gasteiger partial charge in [0.15, 0.2) is 11.4 Å². The zero-order valence-electron chi connectivity index (χ0n) is 16.9. The summed E-state index contributed by atoms with van der Waals surface area (Å²) in [7, 11) is 0. The molecule has 0 bridgehead atoms. The van der Waals surface area contributed by atoms with E-state index in [1.54, 1.807) is 12.3 Å². The summed E-state index contributed by atoms with van der Waals surface area (Å²) < 4.78 is 6.03. The lowest BCUT2D eigenvalue weighted by Gasteiger charge is -2.24. The Kier molecular flexibility index (Phi) is 4.47. The molecule has 3 heterocycles. The fraction of sp³-hybridized carbons (Fsp3) is 0.0385. The van der Waals surface area contributed by atoms with Crippen molar-refractivity contribution in [2.45, 2.75) is 6.17 Å². The largest absolute Gasteiger partial charge is 0.454 e. The SMILES string of the molecule is Clc1cnc2c(c1)oc1cccc(C3N=C(c4ccccc4)N=C(c4ccccc4)N3)c12. The van der Waals surface area contributed by atoms with Gasteiger partial charge in [-0.2, -0.15) is 0 Å². The van der Waals surface area contributed by atoms with Crippen molar-refractivity contribution in [3.63, 3.8) is 0 Å². The highest BCUT2D eigenvalue weighted by atomic mass is 35.5. The van der Waals surface area contributed by atoms with E-state index in [2.05, 4.69) is 10.3 Å². The molecule has 32 heavy (non-hydrogen) atoms. The van der Waals surface area contributed by atoms with Crippen molar-refractivity contribution in [1.82, 2.24) is 10.3 Å². The minimum Gasteiger partial charge on any atom is -0.454 e. The van der Waals surface area contributed by atoms with Crippen molar-refractivity contribution in [2.24, 2.45) is 9.98 Å². The van der Waals surface area contributed by atoms with Crippen molar-refractivity contribution in [3.05, 3.63) is 113 Å². The number of rotatable bonds is 3. The highest BCUT2D eigenvalue weighted by Crippen LogP contribution is 2.35. The number of halogens is 1. The van der Waals surface area contributed by atoms with E-state index in [-0.39, 0.29) is 6.17 Å². The van der Waals surface area contributed by atoms with Crippen LogP contribution in [-0.4, -0.2) is 16.7 Å². The second-order valence-electron chi connectivity index (χ2n) is 7.51. The van der Waals surface area contributed by atoms with E-state index in [0.717, 1.165) is 39.0 Å². The number of hydrogen-bond acceptors (Lipinski definition) is 5. The fourth-order valence-electron chi connectivity index (χ4n) is 3.99. The lowest BCUT2D eigenvalue weighted by molar-refractivity contribution is 0.662. The van der Waals surface area contributed by atoms with Crippen LogP contribution in [0.2, 0.25) is 5.02 Å². The summed E-state index contributed by atoms with van der Waals surface area (Å²) in [6, 6.07) is 27.8. The normalized spacial score (nSPS) is 16.0. The summed E-state index contributed by atoms with van der Waals surface area (Å²) in [5.74, 6) is 1.44. The molecule has 2 aromatic heterocycles. The monoisotopic (exact) mass is 436 g/mol. The van der Waals surface area contributed by atoms with Gasteiger partial charge >= 0.3 is 0 Å². The third-order valence-corrected chi connectivity index (χ3v) is 5.66. The third kappa shape index (κ3) is 3.24. The molecule has 154 valence electrons. The average molecular weight is 437 g/mol. The third-order valence-electron chi connectivity index (χ3n) is 5.45. The van der Waals surface area contributed by atoms with Gasteiger partial charge < -0.3 is 9.73 Å². The van der Waals surface area contributed by atoms with E-state index in [4.69, 9.17) is 26.0 Å². The van der Waals surface area contributed by atoms with Crippen LogP contribution in [0.1, 0.15) is 22.9 Å². The molecule has 6 heteroatoms. The molecule has 0 saturated carbocycles. The lowest BCUT2D eigenvalue weighted by atomic mass is 10.0. The maximum absolute atomic E-state index is 6.14. The lowest BCUT2D eigenvalue weighted by Crippen LogP contribution is -2.33. The molecule has 0 saturated heterocycles. The molecule has 1 aliphatic rings. The molecule has 3 aromatic carbocycles. The van der Waals surface area contributed by atoms with Crippen LogP contribution in [-0.2, 0) is 0 Å². The summed E-state index contributed by atoms with van der Waals surface area (Å²) in [5.41, 5.74) is 5.08. The van der Waals surface area contributed by atoms with Crippen LogP contribution in [0.5, 0.6) is 0 Å². The molecule has 1 unspecified atom stereocenters. The van der Waals surface area contributed by atoms with Crippen LogP contribution in [0.25, 0.3) is 22.1 Å². The number of amidine groups is 2. The Morgan fingerprint density at radius 1 is 0.812 bits per heavy atom. The van der Waals surface area contributed by atoms with Crippen LogP contribution in [0.3, 0.4) is 0 Å². The van der Waals surface area contributed by atoms with Gasteiger partial charge in [-0.15, -0.1) is 0 Å². The first-order valence-corrected chi connectivity index (χ1v) is 10.6. The molecule has 1 N–H and O–H groups in total. The summed E-state index contributed by atoms with van der Waals surface area (Å²) in [6.45, 7) is 0. The van der Waals surface area contributed by atoms with Crippen LogP contribution >= 0.6 is 11.6 Å². The maximum atomic E-state index is 6.14. The van der Waals surface area contributed by atoms with E-state index in [1.165, 1.54) is 0 Å². The molecule has 0 fully saturated rings. The molecule has 6 rings (SSSR count). The summed E-state index contributed by atoms with van der Waals surface area (Å²) in [4.78, 5) is 14.4. The van der Waals surface area contributed by atoms with Gasteiger partial charge in [-0.1, -0.05) is 84.4 Å². The number of hydrogen-bond donors (Lipinski definition) is 1. The van der Waals surface area contributed by atoms with Gasteiger partial charge in [-0.3, -0.25) is 4.98 Å². The number of pyridine rings is 1. The zero-order chi connectivity index (χ0) is 21.5. The van der Waals surface area contributed by atoms with E-state index in [0.29, 0.717) is 16.4 Å². The van der Waals surface area contributed by atoms with E-state index in [1.807, 2.05) is 78.9 Å². The Labute approximate surface area is 189 Å². The summed E-state index contributed by atoms with van der Waals surface area (Å²) >= 11 is 6.14. The molecule has 0 radical (unpaired) electrons. The highest BCUT2D eigenvalue weighted by molar-refractivity contribution is 6.31. The average Bonchev–Trinajstić information content (AvgIpc) is 3.22. The number of nitrogens with zero attached hydrogens (tertiary/aromatic N) is 3. The predicted octanol–water partition coefficient (Wildman–Crippen LogP) is 6.13. The molecule has 0 spiro atoms. The maximum Gasteiger partial charge on any atom is 0.159 e. The number of nitrogens with one attached hydrogen (secondary N) is 1. The first-order chi connectivity index (χ1) is 15.8. The number of aliphatic imine (C=N–C) groups is 2. The van der Waals surface area contributed by atoms with Crippen LogP contribution in [0.15, 0.2) is 106 Å². The molecule has 5 nitrogen and oxygen atoms in total. The van der Waals surface area contributed by atoms with E-state index < -0.39 is 0 Å². The van der Waals surface area contributed by atoms with Crippen molar-refractivity contribution in [3.8, 4) is 0 Å². The quantitative estimate of drug-likeness (QED) is 0.370. The molecule has 0 aliphatic carbocycles. The molecule has 1 atom stereocenters. The standard InChI is InChI=1S/C26H17ClN4O/c27-18-14-21-23(28-15-18)22-19(12-7-13-20(22)32-21)26-30-24(16-8-3-1-4-9-16)29-25(31-26)17-10-5-2-6-11-17/h1-15,26H,(H,29,30,31). The minimum absolute atomic E-state index is 0.361. The van der Waals surface area contributed by atoms with Crippen LogP contribution < -0.4 is 5.32 Å². The Morgan fingerprint density at radius 2 is 1.56 bits per heavy atom. The molecule has 1 aliphatic heterocycles. The van der Waals surface area contributed by atoms with Crippen LogP contribution in [0, 0.1) is 0 Å². The number of benzene rings is 3. The van der Waals surface area contributed by atoms with Gasteiger partial charge in [0.05, 0.1) is 10.4 Å². The van der Waals surface area contributed by atoms with Crippen molar-refractivity contribution in [1.29, 1.82) is 0 Å². The van der Waals surface area contributed by atoms with Crippen molar-refractivity contribution in [2.75, 3.05) is 0 Å². The van der Waals surface area contributed by atoms with E-state index >= 15 is 0 Å². The van der Waals surface area contributed by atoms with Crippen LogP contribution in [0.4, 0.5) is 0 Å². The number of fused-ring (bicyclic) bond motifs is 3. The van der Waals surface area contributed by atoms with Gasteiger partial charge in [0.2, 0.25) is 0 Å². The van der Waals surface area contributed by atoms with Gasteiger partial charge in [-0.05, 0) is 6.07 Å². The second kappa shape index (κ2) is 7.62. The van der Waals surface area contributed by atoms with Gasteiger partial charge in [-0.25, -0.2) is 9.98 Å². The van der Waals surface area contributed by atoms with Gasteiger partial charge in [0, 0.05) is 29.0 Å². The fourth-order valence-corrected chi connectivity index (χ4v) is 4.14. The molecular formula is C26H17ClN4O. The number of furan rings is 1. The smallest absolute Gasteiger partial charge is 0.159 e. The van der Waals surface area contributed by atoms with Crippen molar-refractivity contribution < 1.29 is 4.42 Å². The first-order valence-electron chi connectivity index (χ1n) is 10.3. The van der Waals surface area contributed by atoms with Gasteiger partial charge in [0.25, 0.3) is 0 Å². The zero-order valence-corrected chi connectivity index (χ0v) is 17.6. The Morgan fingerprint density at radius 3 is 2.34 bits per heavy atom. The van der Waals surface area contributed by atoms with Gasteiger partial charge in [0.1, 0.15) is 23.1 Å². The first kappa shape index (κ1) is 18.8. The topological polar surface area (TPSA) is 62.8 Å². The Hall–Kier alpha value is -3.96. The Bertz CT molecular complexity index is 1510. The molecular weight excluding hydrogens is 420 g/mol.